The van der Waals surface area contributed by atoms with Crippen LogP contribution in [0.25, 0.3) is 5.65 Å². The van der Waals surface area contributed by atoms with Gasteiger partial charge in [0.25, 0.3) is 5.56 Å². The number of carbonyl (C=O) groups excluding carboxylic acids is 2. The third-order valence-electron chi connectivity index (χ3n) is 3.22. The summed E-state index contributed by atoms with van der Waals surface area (Å²) in [6, 6.07) is 3.64. The van der Waals surface area contributed by atoms with Gasteiger partial charge in [0, 0.05) is 6.20 Å². The third-order valence-corrected chi connectivity index (χ3v) is 3.22. The van der Waals surface area contributed by atoms with Crippen LogP contribution < -0.4 is 21.9 Å². The summed E-state index contributed by atoms with van der Waals surface area (Å²) in [6.07, 6.45) is 3.25. The van der Waals surface area contributed by atoms with E-state index in [-0.39, 0.29) is 11.6 Å². The number of primary amides is 1. The molecule has 122 valence electrons. The molecule has 0 aliphatic heterocycles. The number of hydrogen-bond acceptors (Lipinski definition) is 4. The Labute approximate surface area is 132 Å². The Morgan fingerprint density at radius 1 is 1.35 bits per heavy atom. The first-order chi connectivity index (χ1) is 10.9. The van der Waals surface area contributed by atoms with Gasteiger partial charge in [0.15, 0.2) is 0 Å². The van der Waals surface area contributed by atoms with Gasteiger partial charge in [-0.1, -0.05) is 19.9 Å². The topological polar surface area (TPSA) is 119 Å². The van der Waals surface area contributed by atoms with E-state index < -0.39 is 23.5 Å². The first-order valence-electron chi connectivity index (χ1n) is 7.21. The molecule has 2 aromatic rings. The summed E-state index contributed by atoms with van der Waals surface area (Å²) in [5, 5.41) is 4.88. The summed E-state index contributed by atoms with van der Waals surface area (Å²) in [7, 11) is 0. The van der Waals surface area contributed by atoms with Crippen molar-refractivity contribution >= 4 is 23.3 Å². The molecule has 1 atom stereocenters. The lowest BCUT2D eigenvalue weighted by Gasteiger charge is -2.17. The Balaban J connectivity index is 2.15. The number of urea groups is 1. The molecule has 0 saturated heterocycles. The van der Waals surface area contributed by atoms with Crippen LogP contribution in [-0.2, 0) is 4.79 Å². The van der Waals surface area contributed by atoms with Gasteiger partial charge in [0.05, 0.1) is 6.20 Å². The van der Waals surface area contributed by atoms with E-state index in [0.29, 0.717) is 12.1 Å². The lowest BCUT2D eigenvalue weighted by atomic mass is 10.0. The van der Waals surface area contributed by atoms with Gasteiger partial charge in [-0.25, -0.2) is 9.78 Å². The Bertz CT molecular complexity index is 784. The molecule has 4 N–H and O–H groups in total. The molecule has 8 nitrogen and oxygen atoms in total. The van der Waals surface area contributed by atoms with Crippen molar-refractivity contribution < 1.29 is 9.59 Å². The van der Waals surface area contributed by atoms with Crippen LogP contribution in [-0.4, -0.2) is 27.4 Å². The number of amides is 3. The number of rotatable bonds is 5. The van der Waals surface area contributed by atoms with Crippen molar-refractivity contribution in [2.24, 2.45) is 11.7 Å². The molecule has 0 unspecified atom stereocenters. The molecule has 8 heteroatoms. The van der Waals surface area contributed by atoms with Crippen molar-refractivity contribution in [3.8, 4) is 0 Å². The first-order valence-corrected chi connectivity index (χ1v) is 7.21. The standard InChI is InChI=1S/C15H19N5O3/c1-9(2)7-10(13(16)21)18-15(23)19-11-8-17-12-5-3-4-6-20(12)14(11)22/h3-6,8-10H,7H2,1-2H3,(H2,16,21)(H2,18,19,23)/t10-/m0/s1. The molecule has 2 heterocycles. The summed E-state index contributed by atoms with van der Waals surface area (Å²) in [6.45, 7) is 3.82. The smallest absolute Gasteiger partial charge is 0.320 e. The fraction of sp³-hybridized carbons (Fsp3) is 0.333. The molecule has 2 aromatic heterocycles. The second-order valence-electron chi connectivity index (χ2n) is 5.59. The number of nitrogens with two attached hydrogens (primary N) is 1. The number of nitrogens with one attached hydrogen (secondary N) is 2. The molecule has 0 aromatic carbocycles. The van der Waals surface area contributed by atoms with Gasteiger partial charge < -0.3 is 16.4 Å². The Kier molecular flexibility index (Phi) is 4.95. The highest BCUT2D eigenvalue weighted by atomic mass is 16.2. The van der Waals surface area contributed by atoms with Gasteiger partial charge in [-0.05, 0) is 24.5 Å². The van der Waals surface area contributed by atoms with Crippen LogP contribution in [0.2, 0.25) is 0 Å². The third kappa shape index (κ3) is 4.06. The summed E-state index contributed by atoms with van der Waals surface area (Å²) < 4.78 is 1.31. The van der Waals surface area contributed by atoms with Crippen LogP contribution in [0.4, 0.5) is 10.5 Å². The molecule has 2 rings (SSSR count). The maximum absolute atomic E-state index is 12.3. The minimum atomic E-state index is -0.800. The highest BCUT2D eigenvalue weighted by molar-refractivity contribution is 5.93. The van der Waals surface area contributed by atoms with Crippen LogP contribution in [0.3, 0.4) is 0 Å². The zero-order valence-electron chi connectivity index (χ0n) is 12.9. The molecule has 0 radical (unpaired) electrons. The zero-order chi connectivity index (χ0) is 17.0. The normalized spacial score (nSPS) is 12.1. The van der Waals surface area contributed by atoms with E-state index in [1.165, 1.54) is 10.6 Å². The van der Waals surface area contributed by atoms with E-state index in [1.54, 1.807) is 24.4 Å². The number of aromatic nitrogens is 2. The van der Waals surface area contributed by atoms with Gasteiger partial charge in [-0.2, -0.15) is 0 Å². The summed E-state index contributed by atoms with van der Waals surface area (Å²) >= 11 is 0. The monoisotopic (exact) mass is 317 g/mol. The van der Waals surface area contributed by atoms with E-state index in [0.717, 1.165) is 0 Å². The van der Waals surface area contributed by atoms with Gasteiger partial charge in [0.2, 0.25) is 5.91 Å². The number of fused-ring (bicyclic) bond motifs is 1. The maximum atomic E-state index is 12.3. The SMILES string of the molecule is CC(C)C[C@H](NC(=O)Nc1cnc2ccccn2c1=O)C(N)=O. The predicted octanol–water partition coefficient (Wildman–Crippen LogP) is 0.716. The first kappa shape index (κ1) is 16.5. The molecular weight excluding hydrogens is 298 g/mol. The lowest BCUT2D eigenvalue weighted by Crippen LogP contribution is -2.47. The summed E-state index contributed by atoms with van der Waals surface area (Å²) in [5.74, 6) is -0.442. The van der Waals surface area contributed by atoms with Crippen molar-refractivity contribution in [1.82, 2.24) is 14.7 Å². The molecule has 23 heavy (non-hydrogen) atoms. The van der Waals surface area contributed by atoms with Crippen LogP contribution in [0, 0.1) is 5.92 Å². The minimum Gasteiger partial charge on any atom is -0.368 e. The van der Waals surface area contributed by atoms with Crippen molar-refractivity contribution in [2.75, 3.05) is 5.32 Å². The van der Waals surface area contributed by atoms with Gasteiger partial charge >= 0.3 is 6.03 Å². The van der Waals surface area contributed by atoms with Gasteiger partial charge in [-0.15, -0.1) is 0 Å². The fourth-order valence-electron chi connectivity index (χ4n) is 2.15. The quantitative estimate of drug-likeness (QED) is 0.752. The van der Waals surface area contributed by atoms with Crippen LogP contribution in [0.5, 0.6) is 0 Å². The molecule has 3 amide bonds. The average Bonchev–Trinajstić information content (AvgIpc) is 2.49. The summed E-state index contributed by atoms with van der Waals surface area (Å²) in [4.78, 5) is 39.7. The van der Waals surface area contributed by atoms with Gasteiger partial charge in [-0.3, -0.25) is 14.0 Å². The number of carbonyl (C=O) groups is 2. The second kappa shape index (κ2) is 6.91. The Morgan fingerprint density at radius 2 is 2.09 bits per heavy atom. The molecule has 0 fully saturated rings. The molecule has 0 saturated carbocycles. The van der Waals surface area contributed by atoms with Gasteiger partial charge in [0.1, 0.15) is 17.4 Å². The number of pyridine rings is 1. The van der Waals surface area contributed by atoms with E-state index in [2.05, 4.69) is 15.6 Å². The number of nitrogens with zero attached hydrogens (tertiary/aromatic N) is 2. The Hall–Kier alpha value is -2.90. The average molecular weight is 317 g/mol. The molecular formula is C15H19N5O3. The predicted molar refractivity (Wildman–Crippen MR) is 86.1 cm³/mol. The maximum Gasteiger partial charge on any atom is 0.320 e. The number of hydrogen-bond donors (Lipinski definition) is 3. The summed E-state index contributed by atoms with van der Waals surface area (Å²) in [5.41, 5.74) is 5.34. The molecule has 0 spiro atoms. The lowest BCUT2D eigenvalue weighted by molar-refractivity contribution is -0.120. The van der Waals surface area contributed by atoms with Crippen LogP contribution >= 0.6 is 0 Å². The van der Waals surface area contributed by atoms with Crippen molar-refractivity contribution in [3.63, 3.8) is 0 Å². The highest BCUT2D eigenvalue weighted by Gasteiger charge is 2.20. The van der Waals surface area contributed by atoms with Crippen molar-refractivity contribution in [3.05, 3.63) is 40.9 Å². The molecule has 0 bridgehead atoms. The van der Waals surface area contributed by atoms with Crippen LogP contribution in [0.1, 0.15) is 20.3 Å². The van der Waals surface area contributed by atoms with E-state index in [4.69, 9.17) is 5.73 Å². The zero-order valence-corrected chi connectivity index (χ0v) is 12.9. The van der Waals surface area contributed by atoms with Crippen molar-refractivity contribution in [2.45, 2.75) is 26.3 Å². The second-order valence-corrected chi connectivity index (χ2v) is 5.59. The molecule has 0 aliphatic rings. The van der Waals surface area contributed by atoms with E-state index in [1.807, 2.05) is 13.8 Å². The molecule has 0 aliphatic carbocycles. The Morgan fingerprint density at radius 3 is 2.74 bits per heavy atom. The largest absolute Gasteiger partial charge is 0.368 e. The van der Waals surface area contributed by atoms with Crippen molar-refractivity contribution in [1.29, 1.82) is 0 Å². The minimum absolute atomic E-state index is 0.0129. The van der Waals surface area contributed by atoms with Crippen LogP contribution in [0.15, 0.2) is 35.4 Å². The number of anilines is 1. The van der Waals surface area contributed by atoms with E-state index in [9.17, 15) is 14.4 Å². The van der Waals surface area contributed by atoms with E-state index >= 15 is 0 Å². The fourth-order valence-corrected chi connectivity index (χ4v) is 2.15. The highest BCUT2D eigenvalue weighted by Crippen LogP contribution is 2.05.